The number of carbonyl (C=O) groups excluding carboxylic acids is 1. The lowest BCUT2D eigenvalue weighted by Gasteiger charge is -2.06. The van der Waals surface area contributed by atoms with Crippen molar-refractivity contribution in [1.82, 2.24) is 15.2 Å². The van der Waals surface area contributed by atoms with E-state index in [4.69, 9.17) is 4.42 Å². The highest BCUT2D eigenvalue weighted by molar-refractivity contribution is 7.99. The maximum absolute atomic E-state index is 12.4. The molecule has 8 heteroatoms. The molecule has 0 saturated heterocycles. The molecule has 2 N–H and O–H groups in total. The Balaban J connectivity index is 1.54. The van der Waals surface area contributed by atoms with Crippen LogP contribution < -0.4 is 10.9 Å². The van der Waals surface area contributed by atoms with E-state index in [0.717, 1.165) is 21.5 Å². The number of fused-ring (bicyclic) bond motifs is 2. The topological polar surface area (TPSA) is 101 Å². The molecule has 7 nitrogen and oxygen atoms in total. The first-order valence-corrected chi connectivity index (χ1v) is 9.70. The van der Waals surface area contributed by atoms with Crippen LogP contribution in [-0.2, 0) is 4.79 Å². The van der Waals surface area contributed by atoms with Crippen molar-refractivity contribution in [2.75, 3.05) is 11.1 Å². The average molecular weight is 394 g/mol. The maximum atomic E-state index is 12.4. The van der Waals surface area contributed by atoms with Crippen LogP contribution in [0.2, 0.25) is 0 Å². The Morgan fingerprint density at radius 3 is 2.82 bits per heavy atom. The Labute approximate surface area is 164 Å². The Hall–Kier alpha value is -3.13. The van der Waals surface area contributed by atoms with Crippen molar-refractivity contribution in [3.63, 3.8) is 0 Å². The summed E-state index contributed by atoms with van der Waals surface area (Å²) in [6.07, 6.45) is 0. The fraction of sp³-hybridized carbons (Fsp3) is 0.200. The average Bonchev–Trinajstić information content (AvgIpc) is 3.00. The van der Waals surface area contributed by atoms with Crippen molar-refractivity contribution in [3.8, 4) is 0 Å². The summed E-state index contributed by atoms with van der Waals surface area (Å²) in [7, 11) is 0. The number of benzene rings is 1. The zero-order valence-corrected chi connectivity index (χ0v) is 16.4. The third kappa shape index (κ3) is 3.27. The monoisotopic (exact) mass is 394 g/mol. The molecule has 0 aliphatic heterocycles. The Kier molecular flexibility index (Phi) is 4.64. The molecule has 3 heterocycles. The van der Waals surface area contributed by atoms with Gasteiger partial charge in [0.1, 0.15) is 11.1 Å². The highest BCUT2D eigenvalue weighted by Crippen LogP contribution is 2.29. The molecule has 1 amide bonds. The van der Waals surface area contributed by atoms with E-state index < -0.39 is 5.56 Å². The minimum atomic E-state index is -0.396. The van der Waals surface area contributed by atoms with Crippen LogP contribution in [0.4, 0.5) is 5.88 Å². The number of carbonyl (C=O) groups is 1. The highest BCUT2D eigenvalue weighted by Gasteiger charge is 2.19. The van der Waals surface area contributed by atoms with Crippen molar-refractivity contribution in [1.29, 1.82) is 0 Å². The van der Waals surface area contributed by atoms with Gasteiger partial charge in [0.2, 0.25) is 11.8 Å². The summed E-state index contributed by atoms with van der Waals surface area (Å²) in [6, 6.07) is 9.86. The van der Waals surface area contributed by atoms with Gasteiger partial charge < -0.3 is 4.42 Å². The second kappa shape index (κ2) is 7.12. The number of rotatable bonds is 4. The molecule has 0 aliphatic carbocycles. The van der Waals surface area contributed by atoms with Crippen molar-refractivity contribution < 1.29 is 9.21 Å². The van der Waals surface area contributed by atoms with Gasteiger partial charge in [-0.15, -0.1) is 0 Å². The molecule has 28 heavy (non-hydrogen) atoms. The first kappa shape index (κ1) is 18.2. The van der Waals surface area contributed by atoms with Gasteiger partial charge in [-0.1, -0.05) is 30.0 Å². The van der Waals surface area contributed by atoms with E-state index in [1.807, 2.05) is 37.3 Å². The van der Waals surface area contributed by atoms with Crippen LogP contribution in [0.1, 0.15) is 17.0 Å². The molecular formula is C20H18N4O3S. The summed E-state index contributed by atoms with van der Waals surface area (Å²) in [5.41, 5.74) is 2.25. The van der Waals surface area contributed by atoms with Crippen LogP contribution >= 0.6 is 11.8 Å². The molecule has 0 aliphatic rings. The summed E-state index contributed by atoms with van der Waals surface area (Å²) >= 11 is 1.33. The summed E-state index contributed by atoms with van der Waals surface area (Å²) in [5, 5.41) is 11.9. The Bertz CT molecular complexity index is 1280. The molecule has 4 rings (SSSR count). The molecular weight excluding hydrogens is 376 g/mol. The minimum absolute atomic E-state index is 0.146. The molecule has 0 atom stereocenters. The number of furan rings is 1. The van der Waals surface area contributed by atoms with Crippen molar-refractivity contribution >= 4 is 45.2 Å². The van der Waals surface area contributed by atoms with E-state index in [2.05, 4.69) is 20.5 Å². The SMILES string of the molecule is Cc1cc(SCC(=O)Nc2oc(C)c3c(C)n[nH]c(=O)c23)nc2ccccc12. The smallest absolute Gasteiger partial charge is 0.277 e. The lowest BCUT2D eigenvalue weighted by atomic mass is 10.1. The summed E-state index contributed by atoms with van der Waals surface area (Å²) in [6.45, 7) is 5.53. The largest absolute Gasteiger partial charge is 0.444 e. The van der Waals surface area contributed by atoms with Gasteiger partial charge in [0.05, 0.1) is 27.4 Å². The third-order valence-electron chi connectivity index (χ3n) is 4.50. The fourth-order valence-corrected chi connectivity index (χ4v) is 4.00. The number of H-pyrrole nitrogens is 1. The van der Waals surface area contributed by atoms with Crippen molar-refractivity contribution in [3.05, 3.63) is 57.7 Å². The number of para-hydroxylation sites is 1. The molecule has 1 aromatic carbocycles. The van der Waals surface area contributed by atoms with Gasteiger partial charge in [0.25, 0.3) is 5.56 Å². The summed E-state index contributed by atoms with van der Waals surface area (Å²) in [5.74, 6) is 0.559. The quantitative estimate of drug-likeness (QED) is 0.512. The minimum Gasteiger partial charge on any atom is -0.444 e. The number of aryl methyl sites for hydroxylation is 3. The molecule has 0 radical (unpaired) electrons. The number of thioether (sulfide) groups is 1. The van der Waals surface area contributed by atoms with E-state index in [1.165, 1.54) is 11.8 Å². The van der Waals surface area contributed by atoms with Crippen LogP contribution in [-0.4, -0.2) is 26.8 Å². The van der Waals surface area contributed by atoms with Gasteiger partial charge in [-0.25, -0.2) is 10.1 Å². The van der Waals surface area contributed by atoms with Gasteiger partial charge in [-0.05, 0) is 38.5 Å². The molecule has 0 bridgehead atoms. The number of nitrogens with zero attached hydrogens (tertiary/aromatic N) is 2. The lowest BCUT2D eigenvalue weighted by Crippen LogP contribution is -2.16. The zero-order chi connectivity index (χ0) is 19.8. The highest BCUT2D eigenvalue weighted by atomic mass is 32.2. The number of pyridine rings is 1. The predicted molar refractivity (Wildman–Crippen MR) is 110 cm³/mol. The van der Waals surface area contributed by atoms with Gasteiger partial charge >= 0.3 is 0 Å². The number of hydrogen-bond donors (Lipinski definition) is 2. The number of anilines is 1. The van der Waals surface area contributed by atoms with Crippen LogP contribution in [0.3, 0.4) is 0 Å². The van der Waals surface area contributed by atoms with Crippen molar-refractivity contribution in [2.45, 2.75) is 25.8 Å². The second-order valence-corrected chi connectivity index (χ2v) is 7.50. The lowest BCUT2D eigenvalue weighted by molar-refractivity contribution is -0.113. The molecule has 4 aromatic rings. The molecule has 0 unspecified atom stereocenters. The summed E-state index contributed by atoms with van der Waals surface area (Å²) in [4.78, 5) is 29.2. The van der Waals surface area contributed by atoms with Crippen LogP contribution in [0, 0.1) is 20.8 Å². The Morgan fingerprint density at radius 2 is 2.00 bits per heavy atom. The van der Waals surface area contributed by atoms with E-state index >= 15 is 0 Å². The number of aromatic amines is 1. The van der Waals surface area contributed by atoms with Gasteiger partial charge in [-0.2, -0.15) is 5.10 Å². The van der Waals surface area contributed by atoms with Crippen LogP contribution in [0.5, 0.6) is 0 Å². The number of hydrogen-bond acceptors (Lipinski definition) is 6. The van der Waals surface area contributed by atoms with Gasteiger partial charge in [-0.3, -0.25) is 14.9 Å². The van der Waals surface area contributed by atoms with Gasteiger partial charge in [0.15, 0.2) is 0 Å². The van der Waals surface area contributed by atoms with E-state index in [9.17, 15) is 9.59 Å². The van der Waals surface area contributed by atoms with Crippen molar-refractivity contribution in [2.24, 2.45) is 0 Å². The number of aromatic nitrogens is 3. The Morgan fingerprint density at radius 1 is 1.21 bits per heavy atom. The van der Waals surface area contributed by atoms with Crippen LogP contribution in [0.15, 0.2) is 44.6 Å². The van der Waals surface area contributed by atoms with E-state index in [-0.39, 0.29) is 17.5 Å². The van der Waals surface area contributed by atoms with E-state index in [1.54, 1.807) is 13.8 Å². The number of nitrogens with one attached hydrogen (secondary N) is 2. The van der Waals surface area contributed by atoms with Gasteiger partial charge in [0, 0.05) is 5.39 Å². The first-order valence-electron chi connectivity index (χ1n) is 8.71. The predicted octanol–water partition coefficient (Wildman–Crippen LogP) is 3.72. The van der Waals surface area contributed by atoms with E-state index in [0.29, 0.717) is 22.2 Å². The second-order valence-electron chi connectivity index (χ2n) is 6.51. The standard InChI is InChI=1S/C20H18N4O3S/c1-10-8-16(21-14-7-5-4-6-13(10)14)28-9-15(25)22-20-18-17(12(3)27-20)11(2)23-24-19(18)26/h4-8H,9H2,1-3H3,(H,22,25)(H,24,26). The summed E-state index contributed by atoms with van der Waals surface area (Å²) < 4.78 is 5.61. The number of amides is 1. The fourth-order valence-electron chi connectivity index (χ4n) is 3.23. The third-order valence-corrected chi connectivity index (χ3v) is 5.41. The molecule has 0 spiro atoms. The maximum Gasteiger partial charge on any atom is 0.277 e. The molecule has 142 valence electrons. The molecule has 0 fully saturated rings. The zero-order valence-electron chi connectivity index (χ0n) is 15.6. The van der Waals surface area contributed by atoms with Crippen LogP contribution in [0.25, 0.3) is 21.7 Å². The normalized spacial score (nSPS) is 11.2. The molecule has 3 aromatic heterocycles. The first-order chi connectivity index (χ1) is 13.4. The molecule has 0 saturated carbocycles.